The number of aryl methyl sites for hydroxylation is 1. The number of carbonyl (C=O) groups is 1. The first kappa shape index (κ1) is 31.4. The number of hydrogen-bond acceptors (Lipinski definition) is 4. The molecule has 0 unspecified atom stereocenters. The first-order valence-corrected chi connectivity index (χ1v) is 16.1. The maximum absolute atomic E-state index is 11.9. The number of nitrogens with zero attached hydrogens (tertiary/aromatic N) is 2. The first-order valence-electron chi connectivity index (χ1n) is 14.6. The summed E-state index contributed by atoms with van der Waals surface area (Å²) in [4.78, 5) is 13.2. The Morgan fingerprint density at radius 2 is 1.69 bits per heavy atom. The van der Waals surface area contributed by atoms with Crippen LogP contribution in [-0.2, 0) is 25.7 Å². The third kappa shape index (κ3) is 6.15. The summed E-state index contributed by atoms with van der Waals surface area (Å²) in [6.45, 7) is 14.5. The van der Waals surface area contributed by atoms with Crippen molar-refractivity contribution >= 4 is 33.2 Å². The van der Waals surface area contributed by atoms with E-state index < -0.39 is 21.5 Å². The van der Waals surface area contributed by atoms with Gasteiger partial charge in [0.1, 0.15) is 6.54 Å². The van der Waals surface area contributed by atoms with Crippen LogP contribution >= 0.6 is 0 Å². The van der Waals surface area contributed by atoms with Crippen molar-refractivity contribution in [3.8, 4) is 0 Å². The number of carboxylic acids is 1. The molecule has 8 heteroatoms. The summed E-state index contributed by atoms with van der Waals surface area (Å²) >= 11 is 0. The molecule has 0 amide bonds. The van der Waals surface area contributed by atoms with Crippen LogP contribution in [0.2, 0.25) is 0 Å². The Bertz CT molecular complexity index is 1610. The minimum absolute atomic E-state index is 0.114. The highest BCUT2D eigenvalue weighted by Crippen LogP contribution is 2.48. The molecule has 4 rings (SSSR count). The average molecular weight is 592 g/mol. The minimum Gasteiger partial charge on any atom is -0.481 e. The van der Waals surface area contributed by atoms with Crippen LogP contribution in [-0.4, -0.2) is 47.4 Å². The van der Waals surface area contributed by atoms with Gasteiger partial charge in [-0.2, -0.15) is 13.0 Å². The molecule has 2 N–H and O–H groups in total. The van der Waals surface area contributed by atoms with Crippen molar-refractivity contribution < 1.29 is 27.4 Å². The predicted molar refractivity (Wildman–Crippen MR) is 169 cm³/mol. The molecule has 224 valence electrons. The number of hydrogen-bond donors (Lipinski definition) is 2. The van der Waals surface area contributed by atoms with Gasteiger partial charge in [0.15, 0.2) is 5.71 Å². The summed E-state index contributed by atoms with van der Waals surface area (Å²) in [5, 5.41) is 8.97. The zero-order valence-corrected chi connectivity index (χ0v) is 26.3. The third-order valence-electron chi connectivity index (χ3n) is 8.53. The molecule has 2 heterocycles. The Hall–Kier alpha value is -3.49. The molecule has 0 saturated heterocycles. The molecule has 7 nitrogen and oxygen atoms in total. The Balaban J connectivity index is 1.63. The van der Waals surface area contributed by atoms with E-state index in [-0.39, 0.29) is 16.7 Å². The summed E-state index contributed by atoms with van der Waals surface area (Å²) in [7, 11) is -4.34. The second-order valence-electron chi connectivity index (χ2n) is 12.2. The van der Waals surface area contributed by atoms with Crippen LogP contribution in [0, 0.1) is 6.92 Å². The summed E-state index contributed by atoms with van der Waals surface area (Å²) in [6, 6.07) is 11.4. The Labute approximate surface area is 250 Å². The van der Waals surface area contributed by atoms with E-state index in [1.807, 2.05) is 12.2 Å². The van der Waals surface area contributed by atoms with Crippen molar-refractivity contribution in [1.29, 1.82) is 0 Å². The Kier molecular flexibility index (Phi) is 9.00. The van der Waals surface area contributed by atoms with Gasteiger partial charge in [0, 0.05) is 53.9 Å². The highest BCUT2D eigenvalue weighted by Gasteiger charge is 2.45. The van der Waals surface area contributed by atoms with Crippen LogP contribution in [0.3, 0.4) is 0 Å². The molecular formula is C34H43N2O5S+. The van der Waals surface area contributed by atoms with Crippen LogP contribution in [0.15, 0.2) is 77.4 Å². The molecule has 0 saturated carbocycles. The largest absolute Gasteiger partial charge is 0.481 e. The zero-order chi connectivity index (χ0) is 30.9. The molecule has 0 aliphatic carbocycles. The Morgan fingerprint density at radius 3 is 2.36 bits per heavy atom. The molecule has 2 aromatic rings. The topological polar surface area (TPSA) is 97.9 Å². The lowest BCUT2D eigenvalue weighted by molar-refractivity contribution is -0.438. The number of anilines is 1. The van der Waals surface area contributed by atoms with Gasteiger partial charge >= 0.3 is 5.97 Å². The van der Waals surface area contributed by atoms with Gasteiger partial charge in [-0.1, -0.05) is 49.8 Å². The van der Waals surface area contributed by atoms with Gasteiger partial charge in [-0.25, -0.2) is 0 Å². The standard InChI is InChI=1S/C34H42N2O5S/c1-7-35-28-19-17-24(2)22-26(28)33(3,4)30(35)14-10-8-11-15-31-34(5,6)27-23-25(42(39,40)41)18-20-29(27)36(31)21-13-9-12-16-32(37)38/h8,10-11,14-15,17-20,22-23H,7,9,12-13,16,21H2,1-6H3,(H-,37,38,39,40,41)/p+1. The molecule has 0 atom stereocenters. The van der Waals surface area contributed by atoms with Gasteiger partial charge < -0.3 is 10.0 Å². The number of allylic oxidation sites excluding steroid dienone is 6. The fourth-order valence-electron chi connectivity index (χ4n) is 6.27. The highest BCUT2D eigenvalue weighted by atomic mass is 32.2. The summed E-state index contributed by atoms with van der Waals surface area (Å²) in [6.07, 6.45) is 12.7. The molecule has 0 fully saturated rings. The number of unbranched alkanes of at least 4 members (excludes halogenated alkanes) is 2. The van der Waals surface area contributed by atoms with E-state index in [0.29, 0.717) is 13.0 Å². The molecule has 42 heavy (non-hydrogen) atoms. The fourth-order valence-corrected chi connectivity index (χ4v) is 6.77. The molecule has 0 bridgehead atoms. The maximum atomic E-state index is 11.9. The molecular weight excluding hydrogens is 548 g/mol. The van der Waals surface area contributed by atoms with Gasteiger partial charge in [-0.15, -0.1) is 0 Å². The monoisotopic (exact) mass is 591 g/mol. The summed E-state index contributed by atoms with van der Waals surface area (Å²) in [5.74, 6) is -0.792. The second kappa shape index (κ2) is 12.0. The lowest BCUT2D eigenvalue weighted by Crippen LogP contribution is -2.28. The van der Waals surface area contributed by atoms with E-state index in [1.54, 1.807) is 12.1 Å². The van der Waals surface area contributed by atoms with Gasteiger partial charge in [-0.3, -0.25) is 9.35 Å². The lowest BCUT2D eigenvalue weighted by Gasteiger charge is -2.25. The number of benzene rings is 2. The first-order chi connectivity index (χ1) is 19.7. The molecule has 2 aliphatic rings. The maximum Gasteiger partial charge on any atom is 0.303 e. The summed E-state index contributed by atoms with van der Waals surface area (Å²) in [5.41, 5.74) is 7.21. The lowest BCUT2D eigenvalue weighted by atomic mass is 9.81. The average Bonchev–Trinajstić information content (AvgIpc) is 3.25. The van der Waals surface area contributed by atoms with Crippen LogP contribution in [0.5, 0.6) is 0 Å². The third-order valence-corrected chi connectivity index (χ3v) is 9.38. The van der Waals surface area contributed by atoms with E-state index in [1.165, 1.54) is 28.6 Å². The number of carboxylic acid groups (broad SMARTS) is 1. The molecule has 0 spiro atoms. The van der Waals surface area contributed by atoms with Crippen LogP contribution in [0.25, 0.3) is 0 Å². The van der Waals surface area contributed by atoms with E-state index >= 15 is 0 Å². The molecule has 2 aliphatic heterocycles. The predicted octanol–water partition coefficient (Wildman–Crippen LogP) is 7.08. The highest BCUT2D eigenvalue weighted by molar-refractivity contribution is 7.85. The van der Waals surface area contributed by atoms with Crippen molar-refractivity contribution in [1.82, 2.24) is 0 Å². The molecule has 0 radical (unpaired) electrons. The van der Waals surface area contributed by atoms with Gasteiger partial charge in [-0.05, 0) is 70.4 Å². The van der Waals surface area contributed by atoms with Crippen molar-refractivity contribution in [2.24, 2.45) is 0 Å². The number of likely N-dealkylation sites (N-methyl/N-ethyl adjacent to an activating group) is 1. The normalized spacial score (nSPS) is 18.5. The fraction of sp³-hybridized carbons (Fsp3) is 0.412. The number of fused-ring (bicyclic) bond motifs is 2. The summed E-state index contributed by atoms with van der Waals surface area (Å²) < 4.78 is 35.6. The van der Waals surface area contributed by atoms with Gasteiger partial charge in [0.2, 0.25) is 5.69 Å². The quantitative estimate of drug-likeness (QED) is 0.125. The van der Waals surface area contributed by atoms with E-state index in [2.05, 4.69) is 87.4 Å². The van der Waals surface area contributed by atoms with E-state index in [4.69, 9.17) is 5.11 Å². The number of rotatable bonds is 11. The van der Waals surface area contributed by atoms with Crippen molar-refractivity contribution in [3.05, 3.63) is 89.2 Å². The minimum atomic E-state index is -4.34. The zero-order valence-electron chi connectivity index (χ0n) is 25.5. The van der Waals surface area contributed by atoms with Crippen LogP contribution in [0.1, 0.15) is 77.0 Å². The van der Waals surface area contributed by atoms with E-state index in [0.717, 1.165) is 36.3 Å². The molecule has 2 aromatic carbocycles. The van der Waals surface area contributed by atoms with Crippen molar-refractivity contribution in [2.45, 2.75) is 83.0 Å². The Morgan fingerprint density at radius 1 is 0.952 bits per heavy atom. The SMILES string of the molecule is CCN1/C(=C/C=C/C=C/C2=[N+](CCCCCC(=O)O)c3ccc(S(=O)(=O)O)cc3C2(C)C)C(C)(C)c2cc(C)ccc21. The van der Waals surface area contributed by atoms with Crippen molar-refractivity contribution in [2.75, 3.05) is 18.0 Å². The van der Waals surface area contributed by atoms with Gasteiger partial charge in [0.05, 0.1) is 10.3 Å². The van der Waals surface area contributed by atoms with Crippen molar-refractivity contribution in [3.63, 3.8) is 0 Å². The second-order valence-corrected chi connectivity index (χ2v) is 13.6. The van der Waals surface area contributed by atoms with E-state index in [9.17, 15) is 17.8 Å². The van der Waals surface area contributed by atoms with Gasteiger partial charge in [0.25, 0.3) is 10.1 Å². The smallest absolute Gasteiger partial charge is 0.303 e. The van der Waals surface area contributed by atoms with Crippen LogP contribution < -0.4 is 4.90 Å². The number of aliphatic carboxylic acids is 1. The van der Waals surface area contributed by atoms with Crippen LogP contribution in [0.4, 0.5) is 11.4 Å². The molecule has 0 aromatic heterocycles.